The van der Waals surface area contributed by atoms with Crippen LogP contribution in [0, 0.1) is 0 Å². The van der Waals surface area contributed by atoms with Crippen LogP contribution < -0.4 is 0 Å². The second-order valence-corrected chi connectivity index (χ2v) is 40.0. The van der Waals surface area contributed by atoms with Crippen molar-refractivity contribution in [1.29, 1.82) is 0 Å². The fraction of sp³-hybridized carbons (Fsp3) is 0.375. The van der Waals surface area contributed by atoms with Gasteiger partial charge in [-0.05, 0) is 24.3 Å². The Labute approximate surface area is 144 Å². The van der Waals surface area contributed by atoms with Crippen molar-refractivity contribution in [3.05, 3.63) is 48.8 Å². The molecule has 114 valence electrons. The topological polar surface area (TPSA) is 25.8 Å². The van der Waals surface area contributed by atoms with Crippen LogP contribution in [0.5, 0.6) is 0 Å². The van der Waals surface area contributed by atoms with E-state index in [4.69, 9.17) is 0 Å². The van der Waals surface area contributed by atoms with Crippen molar-refractivity contribution in [3.8, 4) is 11.4 Å². The number of nitrogens with zero attached hydrogens (tertiary/aromatic N) is 2. The summed E-state index contributed by atoms with van der Waals surface area (Å²) in [7, 11) is 0. The Morgan fingerprint density at radius 3 is 1.52 bits per heavy atom. The third-order valence-electron chi connectivity index (χ3n) is 2.82. The number of rotatable bonds is 5. The summed E-state index contributed by atoms with van der Waals surface area (Å²) in [4.78, 5) is 8.37. The van der Waals surface area contributed by atoms with Crippen LogP contribution in [0.2, 0.25) is 8.87 Å². The summed E-state index contributed by atoms with van der Waals surface area (Å²) in [6, 6.07) is 11.6. The molecule has 2 aromatic heterocycles. The van der Waals surface area contributed by atoms with Crippen LogP contribution in [-0.2, 0) is 0 Å². The van der Waals surface area contributed by atoms with Crippen molar-refractivity contribution in [1.82, 2.24) is 9.97 Å². The summed E-state index contributed by atoms with van der Waals surface area (Å²) >= 11 is 5.91. The minimum absolute atomic E-state index is 0.915. The summed E-state index contributed by atoms with van der Waals surface area (Å²) < 4.78 is 2.84. The molecule has 21 heavy (non-hydrogen) atoms. The van der Waals surface area contributed by atoms with E-state index in [0.29, 0.717) is 0 Å². The fourth-order valence-corrected chi connectivity index (χ4v) is 17.4. The van der Waals surface area contributed by atoms with Crippen molar-refractivity contribution in [2.75, 3.05) is 0 Å². The van der Waals surface area contributed by atoms with Crippen LogP contribution in [0.3, 0.4) is 0 Å². The maximum absolute atomic E-state index is 4.19. The standard InChI is InChI=1S/C10H8N2.2C3H7.2BrH.Sn/c1-3-7-11-9(5-1)10-6-2-4-8-12-10;2*1-3-2;;;/h1-8H;2*1,3H2,2H3;2*1H;/q;;;;;+2/p-2. The minimum Gasteiger partial charge on any atom is -0.255 e. The quantitative estimate of drug-likeness (QED) is 0.440. The second kappa shape index (κ2) is 10.7. The Morgan fingerprint density at radius 1 is 0.810 bits per heavy atom. The van der Waals surface area contributed by atoms with Gasteiger partial charge >= 0.3 is 74.9 Å². The van der Waals surface area contributed by atoms with Gasteiger partial charge in [0.2, 0.25) is 0 Å². The van der Waals surface area contributed by atoms with E-state index in [1.165, 1.54) is 21.7 Å². The van der Waals surface area contributed by atoms with Crippen molar-refractivity contribution < 1.29 is 0 Å². The van der Waals surface area contributed by atoms with Gasteiger partial charge in [-0.2, -0.15) is 0 Å². The molecule has 0 aliphatic rings. The monoisotopic (exact) mass is 520 g/mol. The number of hydrogen-bond donors (Lipinski definition) is 0. The Hall–Kier alpha value is 0.0587. The molecule has 0 unspecified atom stereocenters. The average molecular weight is 521 g/mol. The molecule has 0 aliphatic heterocycles. The molecular weight excluding hydrogens is 499 g/mol. The first kappa shape index (κ1) is 19.1. The Balaban J connectivity index is 0.000000222. The first-order valence-corrected chi connectivity index (χ1v) is 24.1. The van der Waals surface area contributed by atoms with Crippen molar-refractivity contribution in [3.63, 3.8) is 0 Å². The zero-order valence-corrected chi connectivity index (χ0v) is 18.6. The molecule has 0 fully saturated rings. The average Bonchev–Trinajstić information content (AvgIpc) is 2.49. The smallest absolute Gasteiger partial charge is 0.0886 e. The zero-order valence-electron chi connectivity index (χ0n) is 12.6. The van der Waals surface area contributed by atoms with E-state index in [2.05, 4.69) is 49.2 Å². The maximum atomic E-state index is 4.19. The molecule has 0 bridgehead atoms. The number of aromatic nitrogens is 2. The van der Waals surface area contributed by atoms with E-state index in [-0.39, 0.29) is 0 Å². The van der Waals surface area contributed by atoms with Crippen molar-refractivity contribution in [2.24, 2.45) is 0 Å². The van der Waals surface area contributed by atoms with E-state index >= 15 is 0 Å². The summed E-state index contributed by atoms with van der Waals surface area (Å²) in [5.74, 6) is 0. The molecule has 0 N–H and O–H groups in total. The Kier molecular flexibility index (Phi) is 9.76. The molecule has 0 spiro atoms. The van der Waals surface area contributed by atoms with Crippen LogP contribution in [-0.4, -0.2) is 23.9 Å². The van der Waals surface area contributed by atoms with Crippen molar-refractivity contribution >= 4 is 39.3 Å². The van der Waals surface area contributed by atoms with Gasteiger partial charge in [-0.1, -0.05) is 12.1 Å². The van der Waals surface area contributed by atoms with Gasteiger partial charge in [-0.15, -0.1) is 0 Å². The maximum Gasteiger partial charge on any atom is 0.0886 e. The van der Waals surface area contributed by atoms with Crippen LogP contribution in [0.25, 0.3) is 11.4 Å². The third kappa shape index (κ3) is 8.31. The van der Waals surface area contributed by atoms with Gasteiger partial charge in [0.15, 0.2) is 0 Å². The van der Waals surface area contributed by atoms with Crippen LogP contribution >= 0.6 is 25.4 Å². The predicted octanol–water partition coefficient (Wildman–Crippen LogP) is 6.18. The number of halogens is 2. The van der Waals surface area contributed by atoms with Gasteiger partial charge in [-0.25, -0.2) is 0 Å². The molecular formula is C16H22Br2N2Sn. The first-order chi connectivity index (χ1) is 10.1. The van der Waals surface area contributed by atoms with Crippen molar-refractivity contribution in [2.45, 2.75) is 35.6 Å². The molecule has 0 amide bonds. The molecule has 2 heterocycles. The van der Waals surface area contributed by atoms with Crippen LogP contribution in [0.4, 0.5) is 0 Å². The molecule has 0 aliphatic carbocycles. The molecule has 5 heteroatoms. The summed E-state index contributed by atoms with van der Waals surface area (Å²) in [5.41, 5.74) is 1.83. The predicted molar refractivity (Wildman–Crippen MR) is 101 cm³/mol. The van der Waals surface area contributed by atoms with Gasteiger partial charge in [0, 0.05) is 12.4 Å². The third-order valence-corrected chi connectivity index (χ3v) is 20.5. The minimum atomic E-state index is -1.75. The molecule has 2 rings (SSSR count). The second-order valence-electron chi connectivity index (χ2n) is 4.79. The largest absolute Gasteiger partial charge is 0.255 e. The van der Waals surface area contributed by atoms with Gasteiger partial charge in [0.05, 0.1) is 11.4 Å². The molecule has 0 saturated carbocycles. The van der Waals surface area contributed by atoms with Crippen LogP contribution in [0.15, 0.2) is 48.8 Å². The van der Waals surface area contributed by atoms with Gasteiger partial charge in [0.1, 0.15) is 0 Å². The van der Waals surface area contributed by atoms with E-state index in [1.54, 1.807) is 12.4 Å². The fourth-order valence-electron chi connectivity index (χ4n) is 1.89. The van der Waals surface area contributed by atoms with E-state index in [9.17, 15) is 0 Å². The normalized spacial score (nSPS) is 10.7. The molecule has 0 atom stereocenters. The molecule has 2 aromatic rings. The van der Waals surface area contributed by atoms with E-state index in [0.717, 1.165) is 11.4 Å². The van der Waals surface area contributed by atoms with Gasteiger partial charge in [-0.3, -0.25) is 9.97 Å². The Morgan fingerprint density at radius 2 is 1.24 bits per heavy atom. The van der Waals surface area contributed by atoms with Gasteiger partial charge < -0.3 is 0 Å². The summed E-state index contributed by atoms with van der Waals surface area (Å²) in [6.07, 6.45) is 6.19. The molecule has 0 aromatic carbocycles. The SMILES string of the molecule is CC[CH2][Sn]([Br])([Br])[CH2]CC.c1ccc(-c2ccccn2)nc1. The van der Waals surface area contributed by atoms with Gasteiger partial charge in [0.25, 0.3) is 0 Å². The molecule has 0 saturated heterocycles. The number of hydrogen-bond acceptors (Lipinski definition) is 2. The van der Waals surface area contributed by atoms with E-state index in [1.807, 2.05) is 36.4 Å². The number of pyridine rings is 2. The molecule has 0 radical (unpaired) electrons. The summed E-state index contributed by atoms with van der Waals surface area (Å²) in [5, 5.41) is 0. The molecule has 2 nitrogen and oxygen atoms in total. The first-order valence-electron chi connectivity index (χ1n) is 7.29. The van der Waals surface area contributed by atoms with E-state index < -0.39 is 13.9 Å². The summed E-state index contributed by atoms with van der Waals surface area (Å²) in [6.45, 7) is 4.51. The zero-order chi connectivity index (χ0) is 15.6. The Bertz CT molecular complexity index is 447. The van der Waals surface area contributed by atoms with Crippen LogP contribution in [0.1, 0.15) is 26.7 Å².